The maximum Gasteiger partial charge on any atom is 0.153 e. The normalized spacial score (nSPS) is 10.9. The maximum absolute atomic E-state index is 7.02. The van der Waals surface area contributed by atoms with Crippen LogP contribution in [0, 0.1) is 0 Å². The van der Waals surface area contributed by atoms with E-state index in [2.05, 4.69) is 170 Å². The smallest absolute Gasteiger partial charge is 0.153 e. The fourth-order valence-corrected chi connectivity index (χ4v) is 6.96. The van der Waals surface area contributed by atoms with Crippen LogP contribution in [0.1, 0.15) is 101 Å². The van der Waals surface area contributed by atoms with Crippen LogP contribution in [0.15, 0.2) is 133 Å². The largest absolute Gasteiger partial charge is 0.453 e. The minimum absolute atomic E-state index is 0.713. The molecule has 5 nitrogen and oxygen atoms in total. The lowest BCUT2D eigenvalue weighted by Gasteiger charge is -2.22. The first-order valence-electron chi connectivity index (χ1n) is 21.4. The Morgan fingerprint density at radius 3 is 0.895 bits per heavy atom. The molecule has 0 aromatic heterocycles. The molecular formula is C52H62N4O. The highest BCUT2D eigenvalue weighted by molar-refractivity contribution is 5.86. The molecule has 4 N–H and O–H groups in total. The molecule has 0 saturated carbocycles. The second-order valence-corrected chi connectivity index (χ2v) is 15.2. The molecule has 0 amide bonds. The molecule has 6 aromatic rings. The summed E-state index contributed by atoms with van der Waals surface area (Å²) in [4.78, 5) is 0. The van der Waals surface area contributed by atoms with Crippen LogP contribution in [0.4, 0.5) is 45.5 Å². The Hall–Kier alpha value is -5.68. The molecule has 6 rings (SSSR count). The molecule has 0 spiro atoms. The average molecular weight is 759 g/mol. The molecule has 0 aliphatic carbocycles. The van der Waals surface area contributed by atoms with Gasteiger partial charge in [-0.3, -0.25) is 0 Å². The Labute approximate surface area is 342 Å². The van der Waals surface area contributed by atoms with Gasteiger partial charge in [-0.15, -0.1) is 0 Å². The first-order valence-corrected chi connectivity index (χ1v) is 21.4. The third kappa shape index (κ3) is 12.2. The van der Waals surface area contributed by atoms with Gasteiger partial charge in [0.1, 0.15) is 11.4 Å². The second-order valence-electron chi connectivity index (χ2n) is 15.2. The molecule has 0 bridgehead atoms. The first-order chi connectivity index (χ1) is 28.0. The van der Waals surface area contributed by atoms with Gasteiger partial charge in [-0.25, -0.2) is 0 Å². The summed E-state index contributed by atoms with van der Waals surface area (Å²) in [7, 11) is 0. The fourth-order valence-electron chi connectivity index (χ4n) is 6.96. The Morgan fingerprint density at radius 1 is 0.333 bits per heavy atom. The van der Waals surface area contributed by atoms with E-state index >= 15 is 0 Å². The Bertz CT molecular complexity index is 1940. The van der Waals surface area contributed by atoms with Gasteiger partial charge >= 0.3 is 0 Å². The monoisotopic (exact) mass is 758 g/mol. The molecule has 57 heavy (non-hydrogen) atoms. The molecule has 0 atom stereocenters. The molecule has 296 valence electrons. The van der Waals surface area contributed by atoms with E-state index in [4.69, 9.17) is 4.74 Å². The number of hydrogen-bond donors (Lipinski definition) is 4. The zero-order chi connectivity index (χ0) is 39.7. The van der Waals surface area contributed by atoms with Crippen molar-refractivity contribution in [3.05, 3.63) is 156 Å². The van der Waals surface area contributed by atoms with Crippen molar-refractivity contribution in [1.29, 1.82) is 0 Å². The summed E-state index contributed by atoms with van der Waals surface area (Å²) >= 11 is 0. The van der Waals surface area contributed by atoms with E-state index in [1.807, 2.05) is 12.1 Å². The molecule has 0 aliphatic rings. The van der Waals surface area contributed by atoms with E-state index in [9.17, 15) is 0 Å². The van der Waals surface area contributed by atoms with Gasteiger partial charge in [0.15, 0.2) is 11.5 Å². The summed E-state index contributed by atoms with van der Waals surface area (Å²) in [5, 5.41) is 14.9. The fraction of sp³-hybridized carbons (Fsp3) is 0.308. The minimum Gasteiger partial charge on any atom is -0.453 e. The Kier molecular flexibility index (Phi) is 15.5. The number of benzene rings is 6. The highest BCUT2D eigenvalue weighted by atomic mass is 16.5. The quantitative estimate of drug-likeness (QED) is 0.0555. The summed E-state index contributed by atoms with van der Waals surface area (Å²) in [6.45, 7) is 8.95. The summed E-state index contributed by atoms with van der Waals surface area (Å²) < 4.78 is 7.02. The molecule has 0 unspecified atom stereocenters. The van der Waals surface area contributed by atoms with Gasteiger partial charge in [-0.1, -0.05) is 114 Å². The highest BCUT2D eigenvalue weighted by Crippen LogP contribution is 2.44. The molecule has 0 fully saturated rings. The first kappa shape index (κ1) is 41.0. The number of rotatable bonds is 22. The summed E-state index contributed by atoms with van der Waals surface area (Å²) in [6.07, 6.45) is 13.9. The van der Waals surface area contributed by atoms with Crippen LogP contribution in [0.3, 0.4) is 0 Å². The van der Waals surface area contributed by atoms with Gasteiger partial charge in [0.05, 0.1) is 11.4 Å². The van der Waals surface area contributed by atoms with Crippen LogP contribution in [0.2, 0.25) is 0 Å². The minimum atomic E-state index is 0.713. The number of nitrogens with one attached hydrogen (secondary N) is 4. The SMILES string of the molecule is CCCCc1ccc(Nc2cccc(Oc3cccc(Nc4ccc(CCCC)cc4)c3Nc3ccc(CCCC)cc3)c2Nc2ccc(CCCC)cc2)cc1. The van der Waals surface area contributed by atoms with Crippen molar-refractivity contribution in [1.82, 2.24) is 0 Å². The van der Waals surface area contributed by atoms with Crippen molar-refractivity contribution < 1.29 is 4.74 Å². The summed E-state index contributed by atoms with van der Waals surface area (Å²) in [5.41, 5.74) is 13.1. The lowest BCUT2D eigenvalue weighted by molar-refractivity contribution is 0.487. The van der Waals surface area contributed by atoms with E-state index in [1.165, 1.54) is 73.6 Å². The number of para-hydroxylation sites is 2. The third-order valence-electron chi connectivity index (χ3n) is 10.5. The van der Waals surface area contributed by atoms with Gasteiger partial charge in [-0.2, -0.15) is 0 Å². The number of anilines is 8. The van der Waals surface area contributed by atoms with Crippen LogP contribution in [-0.2, 0) is 25.7 Å². The number of ether oxygens (including phenoxy) is 1. The van der Waals surface area contributed by atoms with Gasteiger partial charge < -0.3 is 26.0 Å². The van der Waals surface area contributed by atoms with Gasteiger partial charge in [0, 0.05) is 22.7 Å². The predicted octanol–water partition coefficient (Wildman–Crippen LogP) is 15.8. The van der Waals surface area contributed by atoms with E-state index in [-0.39, 0.29) is 0 Å². The van der Waals surface area contributed by atoms with Crippen LogP contribution in [-0.4, -0.2) is 0 Å². The van der Waals surface area contributed by atoms with Crippen LogP contribution in [0.5, 0.6) is 11.5 Å². The Balaban J connectivity index is 1.36. The molecular weight excluding hydrogens is 697 g/mol. The van der Waals surface area contributed by atoms with Crippen molar-refractivity contribution in [2.24, 2.45) is 0 Å². The Morgan fingerprint density at radius 2 is 0.614 bits per heavy atom. The zero-order valence-corrected chi connectivity index (χ0v) is 34.6. The molecule has 0 radical (unpaired) electrons. The lowest BCUT2D eigenvalue weighted by Crippen LogP contribution is -2.03. The molecule has 5 heteroatoms. The molecule has 0 saturated heterocycles. The van der Waals surface area contributed by atoms with Crippen molar-refractivity contribution in [3.63, 3.8) is 0 Å². The van der Waals surface area contributed by atoms with Crippen molar-refractivity contribution in [2.45, 2.75) is 105 Å². The molecule has 0 aliphatic heterocycles. The summed E-state index contributed by atoms with van der Waals surface area (Å²) in [5.74, 6) is 1.43. The highest BCUT2D eigenvalue weighted by Gasteiger charge is 2.17. The van der Waals surface area contributed by atoms with Crippen molar-refractivity contribution in [2.75, 3.05) is 21.3 Å². The maximum atomic E-state index is 7.02. The zero-order valence-electron chi connectivity index (χ0n) is 34.6. The molecule has 0 heterocycles. The lowest BCUT2D eigenvalue weighted by atomic mass is 10.1. The van der Waals surface area contributed by atoms with E-state index < -0.39 is 0 Å². The van der Waals surface area contributed by atoms with Crippen LogP contribution >= 0.6 is 0 Å². The number of unbranched alkanes of at least 4 members (excludes halogenated alkanes) is 4. The standard InChI is InChI=1S/C52H62N4O/c1-5-9-15-39-23-31-43(32-24-39)53-47-19-13-21-49(51(47)55-45-35-27-41(28-36-45)17-11-7-3)57-50-22-14-20-48(54-44-33-25-40(26-34-44)16-10-6-2)52(50)56-46-37-29-42(30-38-46)18-12-8-4/h13-14,19-38,53-56H,5-12,15-18H2,1-4H3. The third-order valence-corrected chi connectivity index (χ3v) is 10.5. The van der Waals surface area contributed by atoms with E-state index in [0.29, 0.717) is 11.5 Å². The van der Waals surface area contributed by atoms with E-state index in [0.717, 1.165) is 71.2 Å². The van der Waals surface area contributed by atoms with Crippen LogP contribution in [0.25, 0.3) is 0 Å². The van der Waals surface area contributed by atoms with Gasteiger partial charge in [0.25, 0.3) is 0 Å². The topological polar surface area (TPSA) is 57.4 Å². The van der Waals surface area contributed by atoms with Crippen LogP contribution < -0.4 is 26.0 Å². The van der Waals surface area contributed by atoms with Crippen molar-refractivity contribution in [3.8, 4) is 11.5 Å². The predicted molar refractivity (Wildman–Crippen MR) is 246 cm³/mol. The summed E-state index contributed by atoms with van der Waals surface area (Å²) in [6, 6.07) is 47.6. The molecule has 6 aromatic carbocycles. The second kappa shape index (κ2) is 21.6. The average Bonchev–Trinajstić information content (AvgIpc) is 3.24. The van der Waals surface area contributed by atoms with E-state index in [1.54, 1.807) is 0 Å². The van der Waals surface area contributed by atoms with Crippen molar-refractivity contribution >= 4 is 45.5 Å². The number of aryl methyl sites for hydroxylation is 4. The van der Waals surface area contributed by atoms with Gasteiger partial charge in [-0.05, 0) is 146 Å². The van der Waals surface area contributed by atoms with Gasteiger partial charge in [0.2, 0.25) is 0 Å². The number of hydrogen-bond acceptors (Lipinski definition) is 5.